The molecule has 7 heteroatoms. The largest absolute Gasteiger partial charge is 0.363 e. The number of nitrogens with zero attached hydrogens (tertiary/aromatic N) is 5. The van der Waals surface area contributed by atoms with Crippen LogP contribution in [0.1, 0.15) is 17.0 Å². The molecule has 20 heavy (non-hydrogen) atoms. The zero-order valence-electron chi connectivity index (χ0n) is 11.3. The van der Waals surface area contributed by atoms with Crippen molar-refractivity contribution in [3.63, 3.8) is 0 Å². The van der Waals surface area contributed by atoms with Crippen LogP contribution in [0.3, 0.4) is 0 Å². The average molecular weight is 288 g/mol. The third-order valence-corrected chi connectivity index (χ3v) is 3.63. The molecule has 0 spiro atoms. The van der Waals surface area contributed by atoms with Gasteiger partial charge in [0.2, 0.25) is 5.13 Å². The fraction of sp³-hybridized carbons (Fsp3) is 0.385. The lowest BCUT2D eigenvalue weighted by molar-refractivity contribution is 0.261. The zero-order valence-corrected chi connectivity index (χ0v) is 12.1. The van der Waals surface area contributed by atoms with E-state index in [0.29, 0.717) is 19.5 Å². The fourth-order valence-electron chi connectivity index (χ4n) is 1.78. The summed E-state index contributed by atoms with van der Waals surface area (Å²) in [5, 5.41) is 21.7. The summed E-state index contributed by atoms with van der Waals surface area (Å²) in [5.74, 6) is 0. The number of nitrogens with one attached hydrogen (secondary N) is 1. The monoisotopic (exact) mass is 288 g/mol. The van der Waals surface area contributed by atoms with E-state index in [0.717, 1.165) is 22.2 Å². The van der Waals surface area contributed by atoms with Gasteiger partial charge in [0.15, 0.2) is 0 Å². The molecule has 0 aliphatic heterocycles. The van der Waals surface area contributed by atoms with E-state index in [9.17, 15) is 0 Å². The molecule has 0 radical (unpaired) electrons. The van der Waals surface area contributed by atoms with Crippen molar-refractivity contribution in [2.45, 2.75) is 19.5 Å². The molecule has 0 bridgehead atoms. The van der Waals surface area contributed by atoms with E-state index in [2.05, 4.69) is 31.5 Å². The summed E-state index contributed by atoms with van der Waals surface area (Å²) in [6.45, 7) is 2.15. The van der Waals surface area contributed by atoms with Gasteiger partial charge in [-0.05, 0) is 11.6 Å². The van der Waals surface area contributed by atoms with E-state index in [1.54, 1.807) is 6.20 Å². The number of rotatable bonds is 7. The van der Waals surface area contributed by atoms with Crippen LogP contribution in [0, 0.1) is 11.3 Å². The topological polar surface area (TPSA) is 77.7 Å². The second-order valence-corrected chi connectivity index (χ2v) is 5.29. The minimum Gasteiger partial charge on any atom is -0.363 e. The molecule has 0 saturated carbocycles. The Hall–Kier alpha value is -2.04. The van der Waals surface area contributed by atoms with E-state index < -0.39 is 0 Å². The van der Waals surface area contributed by atoms with Gasteiger partial charge in [-0.1, -0.05) is 17.4 Å². The Balaban J connectivity index is 2.01. The van der Waals surface area contributed by atoms with E-state index >= 15 is 0 Å². The smallest absolute Gasteiger partial charge is 0.205 e. The molecule has 0 fully saturated rings. The molecule has 1 N–H and O–H groups in total. The number of pyridine rings is 1. The predicted molar refractivity (Wildman–Crippen MR) is 78.0 cm³/mol. The fourth-order valence-corrected chi connectivity index (χ4v) is 2.52. The van der Waals surface area contributed by atoms with Gasteiger partial charge in [0, 0.05) is 39.0 Å². The van der Waals surface area contributed by atoms with Crippen LogP contribution in [0.4, 0.5) is 5.13 Å². The van der Waals surface area contributed by atoms with Crippen molar-refractivity contribution in [2.24, 2.45) is 0 Å². The SMILES string of the molecule is CNc1nnc(CN(CCC#N)Cc2cccnc2)s1. The summed E-state index contributed by atoms with van der Waals surface area (Å²) in [6, 6.07) is 6.14. The van der Waals surface area contributed by atoms with Crippen LogP contribution in [-0.4, -0.2) is 33.7 Å². The number of anilines is 1. The van der Waals surface area contributed by atoms with Crippen molar-refractivity contribution in [3.8, 4) is 6.07 Å². The Kier molecular flexibility index (Phi) is 5.41. The van der Waals surface area contributed by atoms with Gasteiger partial charge in [-0.2, -0.15) is 5.26 Å². The minimum absolute atomic E-state index is 0.498. The van der Waals surface area contributed by atoms with Crippen molar-refractivity contribution in [3.05, 3.63) is 35.1 Å². The first-order valence-electron chi connectivity index (χ1n) is 6.30. The minimum atomic E-state index is 0.498. The van der Waals surface area contributed by atoms with Gasteiger partial charge in [-0.15, -0.1) is 10.2 Å². The predicted octanol–water partition coefficient (Wildman–Crippen LogP) is 1.89. The highest BCUT2D eigenvalue weighted by Gasteiger charge is 2.10. The standard InChI is InChI=1S/C13H16N6S/c1-15-13-18-17-12(20-13)10-19(7-3-5-14)9-11-4-2-6-16-8-11/h2,4,6,8H,3,7,9-10H2,1H3,(H,15,18). The first kappa shape index (κ1) is 14.4. The summed E-state index contributed by atoms with van der Waals surface area (Å²) in [5.41, 5.74) is 1.13. The summed E-state index contributed by atoms with van der Waals surface area (Å²) >= 11 is 1.53. The molecule has 0 atom stereocenters. The Morgan fingerprint density at radius 1 is 1.40 bits per heavy atom. The van der Waals surface area contributed by atoms with E-state index in [1.165, 1.54) is 11.3 Å². The third-order valence-electron chi connectivity index (χ3n) is 2.71. The summed E-state index contributed by atoms with van der Waals surface area (Å²) in [6.07, 6.45) is 4.10. The van der Waals surface area contributed by atoms with Crippen molar-refractivity contribution >= 4 is 16.5 Å². The molecule has 0 aliphatic carbocycles. The van der Waals surface area contributed by atoms with Crippen molar-refractivity contribution in [2.75, 3.05) is 18.9 Å². The Morgan fingerprint density at radius 2 is 2.30 bits per heavy atom. The second-order valence-electron chi connectivity index (χ2n) is 4.23. The zero-order chi connectivity index (χ0) is 14.2. The normalized spacial score (nSPS) is 10.4. The van der Waals surface area contributed by atoms with Gasteiger partial charge in [-0.25, -0.2) is 0 Å². The molecule has 104 valence electrons. The van der Waals surface area contributed by atoms with Crippen molar-refractivity contribution in [1.82, 2.24) is 20.1 Å². The van der Waals surface area contributed by atoms with Crippen LogP contribution in [0.2, 0.25) is 0 Å². The van der Waals surface area contributed by atoms with Crippen LogP contribution < -0.4 is 5.32 Å². The van der Waals surface area contributed by atoms with Gasteiger partial charge in [0.25, 0.3) is 0 Å². The van der Waals surface area contributed by atoms with Crippen LogP contribution in [0.5, 0.6) is 0 Å². The third kappa shape index (κ3) is 4.26. The van der Waals surface area contributed by atoms with Gasteiger partial charge in [-0.3, -0.25) is 9.88 Å². The molecular weight excluding hydrogens is 272 g/mol. The lowest BCUT2D eigenvalue weighted by Gasteiger charge is -2.19. The summed E-state index contributed by atoms with van der Waals surface area (Å²) in [7, 11) is 1.83. The highest BCUT2D eigenvalue weighted by atomic mass is 32.1. The lowest BCUT2D eigenvalue weighted by atomic mass is 10.2. The maximum atomic E-state index is 8.77. The van der Waals surface area contributed by atoms with Crippen LogP contribution in [0.15, 0.2) is 24.5 Å². The molecule has 2 rings (SSSR count). The molecule has 0 amide bonds. The van der Waals surface area contributed by atoms with Crippen LogP contribution in [0.25, 0.3) is 0 Å². The molecule has 0 aromatic carbocycles. The number of aromatic nitrogens is 3. The molecule has 6 nitrogen and oxygen atoms in total. The molecule has 0 aliphatic rings. The van der Waals surface area contributed by atoms with Crippen molar-refractivity contribution < 1.29 is 0 Å². The Labute approximate surface area is 122 Å². The van der Waals surface area contributed by atoms with Gasteiger partial charge in [0.05, 0.1) is 12.6 Å². The van der Waals surface area contributed by atoms with Crippen LogP contribution >= 0.6 is 11.3 Å². The number of hydrogen-bond acceptors (Lipinski definition) is 7. The second kappa shape index (κ2) is 7.53. The Morgan fingerprint density at radius 3 is 2.95 bits per heavy atom. The van der Waals surface area contributed by atoms with Crippen LogP contribution in [-0.2, 0) is 13.1 Å². The van der Waals surface area contributed by atoms with E-state index in [4.69, 9.17) is 5.26 Å². The lowest BCUT2D eigenvalue weighted by Crippen LogP contribution is -2.23. The van der Waals surface area contributed by atoms with Crippen molar-refractivity contribution in [1.29, 1.82) is 5.26 Å². The van der Waals surface area contributed by atoms with Gasteiger partial charge < -0.3 is 5.32 Å². The highest BCUT2D eigenvalue weighted by Crippen LogP contribution is 2.17. The van der Waals surface area contributed by atoms with Gasteiger partial charge in [0.1, 0.15) is 5.01 Å². The molecule has 0 saturated heterocycles. The molecular formula is C13H16N6S. The maximum Gasteiger partial charge on any atom is 0.205 e. The maximum absolute atomic E-state index is 8.77. The first-order valence-corrected chi connectivity index (χ1v) is 7.12. The Bertz CT molecular complexity index is 562. The first-order chi connectivity index (χ1) is 9.81. The number of nitriles is 1. The molecule has 2 heterocycles. The quantitative estimate of drug-likeness (QED) is 0.838. The van der Waals surface area contributed by atoms with Gasteiger partial charge >= 0.3 is 0 Å². The molecule has 0 unspecified atom stereocenters. The summed E-state index contributed by atoms with van der Waals surface area (Å²) in [4.78, 5) is 6.30. The van der Waals surface area contributed by atoms with E-state index in [-0.39, 0.29) is 0 Å². The molecule has 2 aromatic rings. The average Bonchev–Trinajstić information content (AvgIpc) is 2.93. The number of hydrogen-bond donors (Lipinski definition) is 1. The summed E-state index contributed by atoms with van der Waals surface area (Å²) < 4.78 is 0. The highest BCUT2D eigenvalue weighted by molar-refractivity contribution is 7.15. The van der Waals surface area contributed by atoms with E-state index in [1.807, 2.05) is 25.4 Å². The molecule has 2 aromatic heterocycles.